The number of phenolic OH excluding ortho intramolecular Hbond substituents is 1. The molecule has 0 unspecified atom stereocenters. The van der Waals surface area contributed by atoms with Gasteiger partial charge >= 0.3 is 0 Å². The molecule has 0 amide bonds. The van der Waals surface area contributed by atoms with E-state index >= 15 is 0 Å². The van der Waals surface area contributed by atoms with Crippen LogP contribution in [0.25, 0.3) is 0 Å². The van der Waals surface area contributed by atoms with Crippen molar-refractivity contribution in [3.8, 4) is 5.75 Å². The summed E-state index contributed by atoms with van der Waals surface area (Å²) in [6, 6.07) is 11.3. The summed E-state index contributed by atoms with van der Waals surface area (Å²) in [5.41, 5.74) is 5.75. The van der Waals surface area contributed by atoms with E-state index in [1.807, 2.05) is 6.07 Å². The molecule has 0 saturated carbocycles. The van der Waals surface area contributed by atoms with Crippen molar-refractivity contribution in [1.29, 1.82) is 0 Å². The molecule has 2 aromatic rings. The SMILES string of the molecule is Cc1ccc2c(c1)CC(=O)C2.O=C1Cc2ccc(O)cc2C1. The van der Waals surface area contributed by atoms with Crippen LogP contribution in [0.3, 0.4) is 0 Å². The molecule has 2 aromatic carbocycles. The molecular formula is C19H18O3. The smallest absolute Gasteiger partial charge is 0.141 e. The van der Waals surface area contributed by atoms with Crippen LogP contribution in [0.1, 0.15) is 27.8 Å². The number of Topliss-reactive ketones (excluding diaryl/α,β-unsaturated/α-hetero) is 2. The van der Waals surface area contributed by atoms with E-state index in [4.69, 9.17) is 5.11 Å². The van der Waals surface area contributed by atoms with E-state index < -0.39 is 0 Å². The largest absolute Gasteiger partial charge is 0.508 e. The Kier molecular flexibility index (Phi) is 3.80. The summed E-state index contributed by atoms with van der Waals surface area (Å²) < 4.78 is 0. The molecule has 0 radical (unpaired) electrons. The number of carbonyl (C=O) groups excluding carboxylic acids is 2. The maximum Gasteiger partial charge on any atom is 0.141 e. The monoisotopic (exact) mass is 294 g/mol. The quantitative estimate of drug-likeness (QED) is 0.813. The molecule has 2 aliphatic carbocycles. The minimum Gasteiger partial charge on any atom is -0.508 e. The van der Waals surface area contributed by atoms with E-state index in [-0.39, 0.29) is 11.5 Å². The fourth-order valence-corrected chi connectivity index (χ4v) is 3.02. The van der Waals surface area contributed by atoms with E-state index in [9.17, 15) is 9.59 Å². The molecular weight excluding hydrogens is 276 g/mol. The van der Waals surface area contributed by atoms with Gasteiger partial charge < -0.3 is 5.11 Å². The van der Waals surface area contributed by atoms with Crippen molar-refractivity contribution >= 4 is 11.6 Å². The van der Waals surface area contributed by atoms with Crippen LogP contribution in [-0.2, 0) is 35.3 Å². The Morgan fingerprint density at radius 1 is 0.727 bits per heavy atom. The van der Waals surface area contributed by atoms with Gasteiger partial charge in [-0.25, -0.2) is 0 Å². The molecule has 0 saturated heterocycles. The van der Waals surface area contributed by atoms with Gasteiger partial charge in [0.2, 0.25) is 0 Å². The predicted octanol–water partition coefficient (Wildman–Crippen LogP) is 2.72. The number of hydrogen-bond acceptors (Lipinski definition) is 3. The summed E-state index contributed by atoms with van der Waals surface area (Å²) in [6.45, 7) is 2.06. The fourth-order valence-electron chi connectivity index (χ4n) is 3.02. The summed E-state index contributed by atoms with van der Waals surface area (Å²) in [4.78, 5) is 21.9. The second-order valence-electron chi connectivity index (χ2n) is 6.01. The summed E-state index contributed by atoms with van der Waals surface area (Å²) >= 11 is 0. The molecule has 1 N–H and O–H groups in total. The lowest BCUT2D eigenvalue weighted by atomic mass is 10.1. The van der Waals surface area contributed by atoms with Gasteiger partial charge in [-0.1, -0.05) is 29.8 Å². The molecule has 3 nitrogen and oxygen atoms in total. The summed E-state index contributed by atoms with van der Waals surface area (Å²) in [6.07, 6.45) is 2.33. The van der Waals surface area contributed by atoms with Crippen molar-refractivity contribution in [3.05, 3.63) is 64.2 Å². The Hall–Kier alpha value is -2.42. The van der Waals surface area contributed by atoms with Crippen LogP contribution in [0, 0.1) is 6.92 Å². The topological polar surface area (TPSA) is 54.4 Å². The number of aryl methyl sites for hydroxylation is 1. The molecule has 0 spiro atoms. The van der Waals surface area contributed by atoms with Crippen LogP contribution >= 0.6 is 0 Å². The molecule has 0 aliphatic heterocycles. The van der Waals surface area contributed by atoms with E-state index in [2.05, 4.69) is 25.1 Å². The Morgan fingerprint density at radius 2 is 1.23 bits per heavy atom. The van der Waals surface area contributed by atoms with Gasteiger partial charge in [-0.15, -0.1) is 0 Å². The maximum atomic E-state index is 11.0. The molecule has 0 atom stereocenters. The Morgan fingerprint density at radius 3 is 1.86 bits per heavy atom. The van der Waals surface area contributed by atoms with Gasteiger partial charge in [0.05, 0.1) is 0 Å². The van der Waals surface area contributed by atoms with E-state index in [1.54, 1.807) is 12.1 Å². The highest BCUT2D eigenvalue weighted by Crippen LogP contribution is 2.23. The minimum atomic E-state index is 0.241. The van der Waals surface area contributed by atoms with Gasteiger partial charge in [0.1, 0.15) is 17.3 Å². The lowest BCUT2D eigenvalue weighted by Gasteiger charge is -1.97. The number of rotatable bonds is 0. The number of phenols is 1. The second kappa shape index (κ2) is 5.76. The van der Waals surface area contributed by atoms with Crippen molar-refractivity contribution < 1.29 is 14.7 Å². The zero-order valence-corrected chi connectivity index (χ0v) is 12.6. The van der Waals surface area contributed by atoms with Gasteiger partial charge in [-0.05, 0) is 41.3 Å². The molecule has 0 aromatic heterocycles. The first-order valence-electron chi connectivity index (χ1n) is 7.44. The second-order valence-corrected chi connectivity index (χ2v) is 6.01. The normalized spacial score (nSPS) is 15.1. The first kappa shape index (κ1) is 14.5. The number of aromatic hydroxyl groups is 1. The third-order valence-corrected chi connectivity index (χ3v) is 4.10. The number of carbonyl (C=O) groups is 2. The van der Waals surface area contributed by atoms with Gasteiger partial charge in [0.15, 0.2) is 0 Å². The molecule has 3 heteroatoms. The highest BCUT2D eigenvalue weighted by molar-refractivity contribution is 5.88. The number of hydrogen-bond donors (Lipinski definition) is 1. The zero-order valence-electron chi connectivity index (χ0n) is 12.6. The van der Waals surface area contributed by atoms with Crippen LogP contribution in [0.5, 0.6) is 5.75 Å². The lowest BCUT2D eigenvalue weighted by molar-refractivity contribution is -0.117. The Labute approximate surface area is 129 Å². The highest BCUT2D eigenvalue weighted by Gasteiger charge is 2.18. The van der Waals surface area contributed by atoms with Gasteiger partial charge in [-0.2, -0.15) is 0 Å². The van der Waals surface area contributed by atoms with Gasteiger partial charge in [0, 0.05) is 25.7 Å². The Bertz CT molecular complexity index is 694. The third kappa shape index (κ3) is 3.08. The molecule has 0 fully saturated rings. The number of fused-ring (bicyclic) bond motifs is 2. The maximum absolute atomic E-state index is 11.0. The molecule has 22 heavy (non-hydrogen) atoms. The van der Waals surface area contributed by atoms with Crippen LogP contribution in [0.15, 0.2) is 36.4 Å². The standard InChI is InChI=1S/C10H10O.C9H8O2/c1-7-2-3-8-5-10(11)6-9(8)4-7;10-8-2-1-6-3-9(11)5-7(6)4-8/h2-4H,5-6H2,1H3;1-2,4,10H,3,5H2. The van der Waals surface area contributed by atoms with Crippen LogP contribution in [0.2, 0.25) is 0 Å². The van der Waals surface area contributed by atoms with Gasteiger partial charge in [-0.3, -0.25) is 9.59 Å². The molecule has 2 aliphatic rings. The van der Waals surface area contributed by atoms with E-state index in [1.165, 1.54) is 16.7 Å². The third-order valence-electron chi connectivity index (χ3n) is 4.10. The van der Waals surface area contributed by atoms with Crippen molar-refractivity contribution in [2.24, 2.45) is 0 Å². The molecule has 112 valence electrons. The van der Waals surface area contributed by atoms with Crippen molar-refractivity contribution in [2.75, 3.05) is 0 Å². The van der Waals surface area contributed by atoms with Crippen LogP contribution in [0.4, 0.5) is 0 Å². The molecule has 4 rings (SSSR count). The number of ketones is 2. The first-order valence-corrected chi connectivity index (χ1v) is 7.44. The van der Waals surface area contributed by atoms with Crippen LogP contribution < -0.4 is 0 Å². The zero-order chi connectivity index (χ0) is 15.7. The van der Waals surface area contributed by atoms with Crippen molar-refractivity contribution in [3.63, 3.8) is 0 Å². The predicted molar refractivity (Wildman–Crippen MR) is 84.1 cm³/mol. The fraction of sp³-hybridized carbons (Fsp3) is 0.263. The molecule has 0 bridgehead atoms. The van der Waals surface area contributed by atoms with E-state index in [0.29, 0.717) is 31.5 Å². The Balaban J connectivity index is 0.000000131. The number of benzene rings is 2. The molecule has 0 heterocycles. The average Bonchev–Trinajstić information content (AvgIpc) is 2.99. The summed E-state index contributed by atoms with van der Waals surface area (Å²) in [7, 11) is 0. The van der Waals surface area contributed by atoms with Crippen LogP contribution in [-0.4, -0.2) is 16.7 Å². The minimum absolute atomic E-state index is 0.241. The van der Waals surface area contributed by atoms with Gasteiger partial charge in [0.25, 0.3) is 0 Å². The lowest BCUT2D eigenvalue weighted by Crippen LogP contribution is -1.92. The van der Waals surface area contributed by atoms with Crippen molar-refractivity contribution in [1.82, 2.24) is 0 Å². The highest BCUT2D eigenvalue weighted by atomic mass is 16.3. The van der Waals surface area contributed by atoms with Crippen molar-refractivity contribution in [2.45, 2.75) is 32.6 Å². The average molecular weight is 294 g/mol. The summed E-state index contributed by atoms with van der Waals surface area (Å²) in [5.74, 6) is 0.842. The first-order chi connectivity index (χ1) is 10.5. The summed E-state index contributed by atoms with van der Waals surface area (Å²) in [5, 5.41) is 9.07. The van der Waals surface area contributed by atoms with E-state index in [0.717, 1.165) is 11.1 Å².